The number of esters is 1. The van der Waals surface area contributed by atoms with E-state index in [1.54, 1.807) is 86.6 Å². The van der Waals surface area contributed by atoms with Crippen molar-refractivity contribution in [2.75, 3.05) is 17.2 Å². The molecule has 3 N–H and O–H groups in total. The van der Waals surface area contributed by atoms with Crippen LogP contribution in [0, 0.1) is 0 Å². The molecule has 0 radical (unpaired) electrons. The molecule has 35 heavy (non-hydrogen) atoms. The normalized spacial score (nSPS) is 11.1. The first kappa shape index (κ1) is 25.2. The number of carbonyl (C=O) groups excluding carboxylic acids is 4. The topological polar surface area (TPSA) is 114 Å². The number of hydrogen-bond donors (Lipinski definition) is 3. The largest absolute Gasteiger partial charge is 0.462 e. The van der Waals surface area contributed by atoms with Crippen molar-refractivity contribution in [2.24, 2.45) is 0 Å². The summed E-state index contributed by atoms with van der Waals surface area (Å²) in [6, 6.07) is 20.7. The van der Waals surface area contributed by atoms with Crippen molar-refractivity contribution in [2.45, 2.75) is 26.3 Å². The van der Waals surface area contributed by atoms with Gasteiger partial charge in [-0.2, -0.15) is 0 Å². The van der Waals surface area contributed by atoms with Crippen LogP contribution in [0.3, 0.4) is 0 Å². The van der Waals surface area contributed by atoms with Gasteiger partial charge in [0.1, 0.15) is 6.04 Å². The molecule has 0 aromatic heterocycles. The highest BCUT2D eigenvalue weighted by Crippen LogP contribution is 2.17. The second-order valence-corrected chi connectivity index (χ2v) is 7.59. The van der Waals surface area contributed by atoms with Crippen LogP contribution in [-0.4, -0.2) is 36.3 Å². The van der Waals surface area contributed by atoms with Gasteiger partial charge in [-0.05, 0) is 61.9 Å². The number of amides is 3. The molecule has 3 aromatic carbocycles. The molecule has 0 spiro atoms. The van der Waals surface area contributed by atoms with E-state index in [9.17, 15) is 19.2 Å². The lowest BCUT2D eigenvalue weighted by atomic mass is 10.1. The Morgan fingerprint density at radius 1 is 0.743 bits per heavy atom. The maximum absolute atomic E-state index is 13.0. The average Bonchev–Trinajstić information content (AvgIpc) is 2.88. The van der Waals surface area contributed by atoms with E-state index in [0.717, 1.165) is 0 Å². The van der Waals surface area contributed by atoms with Crippen LogP contribution in [0.25, 0.3) is 0 Å². The third-order valence-electron chi connectivity index (χ3n) is 5.15. The fourth-order valence-electron chi connectivity index (χ4n) is 3.30. The first-order chi connectivity index (χ1) is 16.9. The van der Waals surface area contributed by atoms with E-state index in [-0.39, 0.29) is 18.1 Å². The lowest BCUT2D eigenvalue weighted by Gasteiger charge is -2.18. The van der Waals surface area contributed by atoms with E-state index in [2.05, 4.69) is 16.0 Å². The van der Waals surface area contributed by atoms with E-state index >= 15 is 0 Å². The predicted molar refractivity (Wildman–Crippen MR) is 133 cm³/mol. The molecular formula is C27H27N3O5. The molecule has 0 heterocycles. The third-order valence-corrected chi connectivity index (χ3v) is 5.15. The fourth-order valence-corrected chi connectivity index (χ4v) is 3.30. The van der Waals surface area contributed by atoms with Crippen molar-refractivity contribution < 1.29 is 23.9 Å². The Kier molecular flexibility index (Phi) is 8.72. The smallest absolute Gasteiger partial charge is 0.338 e. The van der Waals surface area contributed by atoms with Crippen LogP contribution >= 0.6 is 0 Å². The molecular weight excluding hydrogens is 446 g/mol. The van der Waals surface area contributed by atoms with Gasteiger partial charge in [0.15, 0.2) is 0 Å². The lowest BCUT2D eigenvalue weighted by molar-refractivity contribution is -0.118. The van der Waals surface area contributed by atoms with Gasteiger partial charge in [-0.25, -0.2) is 4.79 Å². The minimum absolute atomic E-state index is 0.238. The van der Waals surface area contributed by atoms with Crippen LogP contribution in [0.5, 0.6) is 0 Å². The number of hydrogen-bond acceptors (Lipinski definition) is 5. The van der Waals surface area contributed by atoms with Gasteiger partial charge < -0.3 is 20.7 Å². The molecule has 180 valence electrons. The first-order valence-electron chi connectivity index (χ1n) is 11.3. The van der Waals surface area contributed by atoms with Crippen molar-refractivity contribution in [1.29, 1.82) is 0 Å². The van der Waals surface area contributed by atoms with E-state index in [1.165, 1.54) is 0 Å². The molecule has 3 aromatic rings. The van der Waals surface area contributed by atoms with Gasteiger partial charge >= 0.3 is 5.97 Å². The summed E-state index contributed by atoms with van der Waals surface area (Å²) in [4.78, 5) is 50.1. The molecule has 0 aliphatic carbocycles. The summed E-state index contributed by atoms with van der Waals surface area (Å²) >= 11 is 0. The van der Waals surface area contributed by atoms with Crippen LogP contribution in [0.15, 0.2) is 78.9 Å². The minimum atomic E-state index is -0.815. The molecule has 1 atom stereocenters. The Labute approximate surface area is 203 Å². The quantitative estimate of drug-likeness (QED) is 0.402. The summed E-state index contributed by atoms with van der Waals surface area (Å²) in [5, 5.41) is 8.22. The van der Waals surface area contributed by atoms with Gasteiger partial charge in [0.05, 0.1) is 23.4 Å². The molecule has 0 aliphatic rings. The molecule has 1 unspecified atom stereocenters. The molecule has 8 heteroatoms. The Hall–Kier alpha value is -4.46. The molecule has 0 bridgehead atoms. The van der Waals surface area contributed by atoms with E-state index in [4.69, 9.17) is 4.74 Å². The van der Waals surface area contributed by atoms with Gasteiger partial charge in [0.25, 0.3) is 11.8 Å². The number of rotatable bonds is 9. The summed E-state index contributed by atoms with van der Waals surface area (Å²) < 4.78 is 4.95. The SMILES string of the molecule is CCOC(=O)c1ccc(NC(=O)C(CC)NC(=O)c2ccccc2NC(=O)c2ccccc2)cc1. The Morgan fingerprint density at radius 2 is 1.40 bits per heavy atom. The first-order valence-corrected chi connectivity index (χ1v) is 11.3. The van der Waals surface area contributed by atoms with Crippen LogP contribution in [0.2, 0.25) is 0 Å². The van der Waals surface area contributed by atoms with Crippen molar-refractivity contribution in [3.05, 3.63) is 95.6 Å². The highest BCUT2D eigenvalue weighted by atomic mass is 16.5. The van der Waals surface area contributed by atoms with E-state index < -0.39 is 23.8 Å². The van der Waals surface area contributed by atoms with E-state index in [1.807, 2.05) is 6.07 Å². The summed E-state index contributed by atoms with van der Waals surface area (Å²) in [5.41, 5.74) is 1.89. The maximum atomic E-state index is 13.0. The van der Waals surface area contributed by atoms with Gasteiger partial charge in [-0.3, -0.25) is 14.4 Å². The van der Waals surface area contributed by atoms with Crippen molar-refractivity contribution >= 4 is 35.1 Å². The number of anilines is 2. The number of ether oxygens (including phenoxy) is 1. The van der Waals surface area contributed by atoms with Crippen molar-refractivity contribution in [3.63, 3.8) is 0 Å². The predicted octanol–water partition coefficient (Wildman–Crippen LogP) is 4.26. The van der Waals surface area contributed by atoms with Gasteiger partial charge in [-0.15, -0.1) is 0 Å². The summed E-state index contributed by atoms with van der Waals surface area (Å²) in [6.45, 7) is 3.77. The second kappa shape index (κ2) is 12.1. The Balaban J connectivity index is 1.67. The summed E-state index contributed by atoms with van der Waals surface area (Å²) in [6.07, 6.45) is 0.344. The van der Waals surface area contributed by atoms with Crippen LogP contribution in [0.1, 0.15) is 51.3 Å². The van der Waals surface area contributed by atoms with Crippen LogP contribution in [-0.2, 0) is 9.53 Å². The molecule has 3 amide bonds. The average molecular weight is 474 g/mol. The summed E-state index contributed by atoms with van der Waals surface area (Å²) in [5.74, 6) is -1.69. The van der Waals surface area contributed by atoms with Crippen LogP contribution in [0.4, 0.5) is 11.4 Å². The lowest BCUT2D eigenvalue weighted by Crippen LogP contribution is -2.43. The standard InChI is InChI=1S/C27H27N3O5/c1-3-22(26(33)28-20-16-14-19(15-17-20)27(34)35-4-2)29-25(32)21-12-8-9-13-23(21)30-24(31)18-10-6-5-7-11-18/h5-17,22H,3-4H2,1-2H3,(H,28,33)(H,29,32)(H,30,31). The highest BCUT2D eigenvalue weighted by Gasteiger charge is 2.22. The fraction of sp³-hybridized carbons (Fsp3) is 0.185. The Morgan fingerprint density at radius 3 is 2.06 bits per heavy atom. The molecule has 3 rings (SSSR count). The molecule has 0 aliphatic heterocycles. The molecule has 0 saturated heterocycles. The monoisotopic (exact) mass is 473 g/mol. The molecule has 8 nitrogen and oxygen atoms in total. The third kappa shape index (κ3) is 6.77. The zero-order chi connectivity index (χ0) is 25.2. The molecule has 0 saturated carbocycles. The summed E-state index contributed by atoms with van der Waals surface area (Å²) in [7, 11) is 0. The van der Waals surface area contributed by atoms with E-state index in [0.29, 0.717) is 28.9 Å². The number of nitrogens with one attached hydrogen (secondary N) is 3. The second-order valence-electron chi connectivity index (χ2n) is 7.59. The number of benzene rings is 3. The zero-order valence-electron chi connectivity index (χ0n) is 19.5. The molecule has 0 fully saturated rings. The highest BCUT2D eigenvalue weighted by molar-refractivity contribution is 6.10. The van der Waals surface area contributed by atoms with Gasteiger partial charge in [0.2, 0.25) is 5.91 Å². The van der Waals surface area contributed by atoms with Gasteiger partial charge in [-0.1, -0.05) is 37.3 Å². The number of para-hydroxylation sites is 1. The Bertz CT molecular complexity index is 1190. The van der Waals surface area contributed by atoms with Gasteiger partial charge in [0, 0.05) is 11.3 Å². The zero-order valence-corrected chi connectivity index (χ0v) is 19.5. The minimum Gasteiger partial charge on any atom is -0.462 e. The van der Waals surface area contributed by atoms with Crippen molar-refractivity contribution in [1.82, 2.24) is 5.32 Å². The number of carbonyl (C=O) groups is 4. The van der Waals surface area contributed by atoms with Crippen LogP contribution < -0.4 is 16.0 Å². The van der Waals surface area contributed by atoms with Crippen molar-refractivity contribution in [3.8, 4) is 0 Å². The maximum Gasteiger partial charge on any atom is 0.338 e.